The normalized spacial score (nSPS) is 24.0. The van der Waals surface area contributed by atoms with Gasteiger partial charge in [0.2, 0.25) is 0 Å². The first-order valence-electron chi connectivity index (χ1n) is 6.44. The van der Waals surface area contributed by atoms with E-state index in [0.717, 1.165) is 13.0 Å². The van der Waals surface area contributed by atoms with E-state index in [1.54, 1.807) is 0 Å². The monoisotopic (exact) mass is 267 g/mol. The van der Waals surface area contributed by atoms with Gasteiger partial charge in [-0.2, -0.15) is 0 Å². The highest BCUT2D eigenvalue weighted by molar-refractivity contribution is 7.91. The van der Waals surface area contributed by atoms with E-state index < -0.39 is 9.84 Å². The van der Waals surface area contributed by atoms with Gasteiger partial charge in [0.05, 0.1) is 11.5 Å². The molecular weight excluding hydrogens is 246 g/mol. The molecule has 2 rings (SSSR count). The summed E-state index contributed by atoms with van der Waals surface area (Å²) in [7, 11) is -0.882. The van der Waals surface area contributed by atoms with Crippen molar-refractivity contribution in [1.82, 2.24) is 5.32 Å². The predicted octanol–water partition coefficient (Wildman–Crippen LogP) is 1.73. The van der Waals surface area contributed by atoms with Gasteiger partial charge in [0.15, 0.2) is 9.84 Å². The molecule has 1 heterocycles. The fraction of sp³-hybridized carbons (Fsp3) is 0.571. The standard InChI is InChI=1S/C14H21NO2S/c1-11-5-3-4-6-13(11)14(9-15-2)12-7-8-18(16,17)10-12/h3-6,12,14-15H,7-10H2,1-2H3. The Bertz CT molecular complexity index is 510. The van der Waals surface area contributed by atoms with E-state index in [0.29, 0.717) is 17.4 Å². The summed E-state index contributed by atoms with van der Waals surface area (Å²) in [5.41, 5.74) is 2.54. The molecule has 1 aromatic rings. The lowest BCUT2D eigenvalue weighted by Crippen LogP contribution is -2.25. The lowest BCUT2D eigenvalue weighted by Gasteiger charge is -2.24. The van der Waals surface area contributed by atoms with Crippen molar-refractivity contribution < 1.29 is 8.42 Å². The molecule has 100 valence electrons. The maximum absolute atomic E-state index is 11.6. The first kappa shape index (κ1) is 13.6. The molecule has 1 aliphatic rings. The van der Waals surface area contributed by atoms with Crippen LogP contribution >= 0.6 is 0 Å². The van der Waals surface area contributed by atoms with E-state index in [9.17, 15) is 8.42 Å². The first-order chi connectivity index (χ1) is 8.53. The van der Waals surface area contributed by atoms with Crippen LogP contribution in [0.15, 0.2) is 24.3 Å². The number of hydrogen-bond donors (Lipinski definition) is 1. The molecule has 1 fully saturated rings. The largest absolute Gasteiger partial charge is 0.319 e. The number of likely N-dealkylation sites (N-methyl/N-ethyl adjacent to an activating group) is 1. The average Bonchev–Trinajstić information content (AvgIpc) is 2.68. The Labute approximate surface area is 110 Å². The SMILES string of the molecule is CNCC(c1ccccc1C)C1CCS(=O)(=O)C1. The third-order valence-electron chi connectivity index (χ3n) is 3.85. The smallest absolute Gasteiger partial charge is 0.150 e. The maximum atomic E-state index is 11.6. The topological polar surface area (TPSA) is 46.2 Å². The fourth-order valence-corrected chi connectivity index (χ4v) is 4.77. The molecule has 0 saturated carbocycles. The van der Waals surface area contributed by atoms with Crippen molar-refractivity contribution in [2.75, 3.05) is 25.1 Å². The van der Waals surface area contributed by atoms with Gasteiger partial charge in [-0.25, -0.2) is 8.42 Å². The van der Waals surface area contributed by atoms with Gasteiger partial charge in [-0.1, -0.05) is 24.3 Å². The van der Waals surface area contributed by atoms with Gasteiger partial charge in [-0.15, -0.1) is 0 Å². The molecule has 2 atom stereocenters. The minimum atomic E-state index is -2.81. The Balaban J connectivity index is 2.27. The van der Waals surface area contributed by atoms with Crippen LogP contribution in [0.5, 0.6) is 0 Å². The molecule has 0 radical (unpaired) electrons. The molecule has 0 spiro atoms. The number of aryl methyl sites for hydroxylation is 1. The van der Waals surface area contributed by atoms with Crippen LogP contribution in [0, 0.1) is 12.8 Å². The van der Waals surface area contributed by atoms with Crippen molar-refractivity contribution in [2.24, 2.45) is 5.92 Å². The van der Waals surface area contributed by atoms with Crippen molar-refractivity contribution in [3.63, 3.8) is 0 Å². The Kier molecular flexibility index (Phi) is 4.07. The summed E-state index contributed by atoms with van der Waals surface area (Å²) in [5, 5.41) is 3.20. The maximum Gasteiger partial charge on any atom is 0.150 e. The van der Waals surface area contributed by atoms with Gasteiger partial charge in [0.1, 0.15) is 0 Å². The number of sulfone groups is 1. The van der Waals surface area contributed by atoms with Crippen LogP contribution in [0.1, 0.15) is 23.5 Å². The molecule has 1 aromatic carbocycles. The van der Waals surface area contributed by atoms with Crippen molar-refractivity contribution >= 4 is 9.84 Å². The Morgan fingerprint density at radius 3 is 2.67 bits per heavy atom. The van der Waals surface area contributed by atoms with E-state index in [2.05, 4.69) is 24.4 Å². The summed E-state index contributed by atoms with van der Waals surface area (Å²) < 4.78 is 23.3. The molecule has 0 bridgehead atoms. The van der Waals surface area contributed by atoms with Gasteiger partial charge in [-0.3, -0.25) is 0 Å². The highest BCUT2D eigenvalue weighted by Crippen LogP contribution is 2.34. The van der Waals surface area contributed by atoms with Gasteiger partial charge >= 0.3 is 0 Å². The summed E-state index contributed by atoms with van der Waals surface area (Å²) in [4.78, 5) is 0. The summed E-state index contributed by atoms with van der Waals surface area (Å²) in [5.74, 6) is 1.24. The molecule has 18 heavy (non-hydrogen) atoms. The van der Waals surface area contributed by atoms with Crippen molar-refractivity contribution in [3.8, 4) is 0 Å². The Morgan fingerprint density at radius 2 is 2.11 bits per heavy atom. The van der Waals surface area contributed by atoms with Crippen LogP contribution in [0.3, 0.4) is 0 Å². The highest BCUT2D eigenvalue weighted by atomic mass is 32.2. The molecule has 1 aliphatic heterocycles. The summed E-state index contributed by atoms with van der Waals surface area (Å²) in [6.07, 6.45) is 0.795. The second-order valence-corrected chi connectivity index (χ2v) is 7.41. The van der Waals surface area contributed by atoms with Gasteiger partial charge in [0.25, 0.3) is 0 Å². The van der Waals surface area contributed by atoms with Crippen LogP contribution in [-0.4, -0.2) is 33.5 Å². The van der Waals surface area contributed by atoms with Crippen molar-refractivity contribution in [2.45, 2.75) is 19.3 Å². The number of hydrogen-bond acceptors (Lipinski definition) is 3. The van der Waals surface area contributed by atoms with E-state index >= 15 is 0 Å². The second kappa shape index (κ2) is 5.41. The molecular formula is C14H21NO2S. The third-order valence-corrected chi connectivity index (χ3v) is 5.64. The highest BCUT2D eigenvalue weighted by Gasteiger charge is 2.34. The van der Waals surface area contributed by atoms with Crippen LogP contribution in [0.2, 0.25) is 0 Å². The molecule has 2 unspecified atom stereocenters. The van der Waals surface area contributed by atoms with E-state index in [4.69, 9.17) is 0 Å². The zero-order valence-corrected chi connectivity index (χ0v) is 11.8. The predicted molar refractivity (Wildman–Crippen MR) is 74.6 cm³/mol. The molecule has 1 N–H and O–H groups in total. The first-order valence-corrected chi connectivity index (χ1v) is 8.26. The average molecular weight is 267 g/mol. The van der Waals surface area contributed by atoms with E-state index in [-0.39, 0.29) is 5.92 Å². The number of benzene rings is 1. The Hall–Kier alpha value is -0.870. The van der Waals surface area contributed by atoms with Crippen LogP contribution in [-0.2, 0) is 9.84 Å². The molecule has 0 aliphatic carbocycles. The van der Waals surface area contributed by atoms with Gasteiger partial charge in [-0.05, 0) is 37.4 Å². The van der Waals surface area contributed by atoms with Crippen molar-refractivity contribution in [3.05, 3.63) is 35.4 Å². The van der Waals surface area contributed by atoms with Crippen LogP contribution in [0.25, 0.3) is 0 Å². The third kappa shape index (κ3) is 2.93. The summed E-state index contributed by atoms with van der Waals surface area (Å²) in [6, 6.07) is 8.29. The molecule has 0 amide bonds. The van der Waals surface area contributed by atoms with E-state index in [1.165, 1.54) is 11.1 Å². The minimum absolute atomic E-state index is 0.253. The molecule has 1 saturated heterocycles. The summed E-state index contributed by atoms with van der Waals surface area (Å²) in [6.45, 7) is 2.94. The van der Waals surface area contributed by atoms with Gasteiger partial charge in [0, 0.05) is 12.5 Å². The second-order valence-electron chi connectivity index (χ2n) is 5.18. The molecule has 0 aromatic heterocycles. The number of rotatable bonds is 4. The lowest BCUT2D eigenvalue weighted by molar-refractivity contribution is 0.450. The van der Waals surface area contributed by atoms with Crippen molar-refractivity contribution in [1.29, 1.82) is 0 Å². The van der Waals surface area contributed by atoms with Crippen LogP contribution < -0.4 is 5.32 Å². The quantitative estimate of drug-likeness (QED) is 0.904. The zero-order valence-electron chi connectivity index (χ0n) is 11.0. The summed E-state index contributed by atoms with van der Waals surface area (Å²) >= 11 is 0. The molecule has 4 heteroatoms. The van der Waals surface area contributed by atoms with Gasteiger partial charge < -0.3 is 5.32 Å². The van der Waals surface area contributed by atoms with E-state index in [1.807, 2.05) is 19.2 Å². The fourth-order valence-electron chi connectivity index (χ4n) is 2.89. The zero-order chi connectivity index (χ0) is 13.2. The van der Waals surface area contributed by atoms with Crippen LogP contribution in [0.4, 0.5) is 0 Å². The lowest BCUT2D eigenvalue weighted by atomic mass is 9.83. The molecule has 3 nitrogen and oxygen atoms in total. The Morgan fingerprint density at radius 1 is 1.39 bits per heavy atom. The minimum Gasteiger partial charge on any atom is -0.319 e. The number of nitrogens with one attached hydrogen (secondary N) is 1.